The molecule has 1 saturated heterocycles. The lowest BCUT2D eigenvalue weighted by atomic mass is 10.2. The molecule has 0 aromatic heterocycles. The Labute approximate surface area is 131 Å². The largest absolute Gasteiger partial charge is 0.441 e. The maximum Gasteiger partial charge on any atom is 0.414 e. The van der Waals surface area contributed by atoms with Crippen LogP contribution in [0.4, 0.5) is 20.6 Å². The van der Waals surface area contributed by atoms with Gasteiger partial charge >= 0.3 is 6.09 Å². The molecule has 23 heavy (non-hydrogen) atoms. The summed E-state index contributed by atoms with van der Waals surface area (Å²) in [5.41, 5.74) is 0.464. The van der Waals surface area contributed by atoms with Crippen LogP contribution in [0.25, 0.3) is 0 Å². The Morgan fingerprint density at radius 2 is 2.35 bits per heavy atom. The number of amides is 2. The third-order valence-corrected chi connectivity index (χ3v) is 3.37. The topological polar surface area (TPSA) is 106 Å². The van der Waals surface area contributed by atoms with Crippen LogP contribution in [0, 0.1) is 11.2 Å². The van der Waals surface area contributed by atoms with Crippen molar-refractivity contribution < 1.29 is 23.8 Å². The van der Waals surface area contributed by atoms with Gasteiger partial charge in [-0.2, -0.15) is 0 Å². The lowest BCUT2D eigenvalue weighted by Gasteiger charge is -2.21. The number of benzene rings is 1. The van der Waals surface area contributed by atoms with E-state index in [2.05, 4.69) is 5.32 Å². The zero-order chi connectivity index (χ0) is 16.8. The highest BCUT2D eigenvalue weighted by Gasteiger charge is 2.32. The molecule has 8 nitrogen and oxygen atoms in total. The summed E-state index contributed by atoms with van der Waals surface area (Å²) in [5.74, 6) is -0.614. The molecule has 1 fully saturated rings. The number of ether oxygens (including phenoxy) is 1. The van der Waals surface area contributed by atoms with Crippen LogP contribution in [0.1, 0.15) is 0 Å². The van der Waals surface area contributed by atoms with Crippen LogP contribution in [-0.2, 0) is 9.53 Å². The molecule has 1 aromatic rings. The lowest BCUT2D eigenvalue weighted by molar-refractivity contribution is -0.109. The average molecular weight is 324 g/mol. The standard InChI is InChI=1S/C14H17FN4O4/c15-12-5-10(19-6-11(7-20)23-14(19)22)1-2-13(12)18(8-16)4-3-17-9-21/h1-2,5,8-9,11,16,20H,3-4,6-7H2,(H,17,21). The second kappa shape index (κ2) is 7.54. The van der Waals surface area contributed by atoms with Gasteiger partial charge < -0.3 is 20.1 Å². The molecule has 0 radical (unpaired) electrons. The number of hydrogen-bond acceptors (Lipinski definition) is 5. The summed E-state index contributed by atoms with van der Waals surface area (Å²) in [6.07, 6.45) is 0.210. The Balaban J connectivity index is 2.15. The smallest absolute Gasteiger partial charge is 0.414 e. The van der Waals surface area contributed by atoms with Gasteiger partial charge in [0.05, 0.1) is 30.9 Å². The van der Waals surface area contributed by atoms with Crippen LogP contribution in [0.15, 0.2) is 18.2 Å². The molecule has 9 heteroatoms. The molecule has 124 valence electrons. The van der Waals surface area contributed by atoms with Gasteiger partial charge in [0.15, 0.2) is 0 Å². The van der Waals surface area contributed by atoms with E-state index in [9.17, 15) is 14.0 Å². The average Bonchev–Trinajstić information content (AvgIpc) is 2.93. The molecular formula is C14H17FN4O4. The Morgan fingerprint density at radius 1 is 1.57 bits per heavy atom. The summed E-state index contributed by atoms with van der Waals surface area (Å²) in [4.78, 5) is 24.5. The van der Waals surface area contributed by atoms with Gasteiger partial charge in [0, 0.05) is 13.1 Å². The zero-order valence-electron chi connectivity index (χ0n) is 12.2. The Bertz CT molecular complexity index is 598. The monoisotopic (exact) mass is 324 g/mol. The van der Waals surface area contributed by atoms with Gasteiger partial charge in [-0.05, 0) is 18.2 Å². The molecule has 1 unspecified atom stereocenters. The summed E-state index contributed by atoms with van der Waals surface area (Å²) in [6.45, 7) is 0.341. The zero-order valence-corrected chi connectivity index (χ0v) is 12.2. The van der Waals surface area contributed by atoms with E-state index in [4.69, 9.17) is 15.3 Å². The van der Waals surface area contributed by atoms with Gasteiger partial charge in [0.1, 0.15) is 11.9 Å². The molecule has 1 heterocycles. The first-order chi connectivity index (χ1) is 11.1. The minimum absolute atomic E-state index is 0.145. The SMILES string of the molecule is N=CN(CCNC=O)c1ccc(N2CC(CO)OC2=O)cc1F. The van der Waals surface area contributed by atoms with E-state index in [0.717, 1.165) is 6.34 Å². The van der Waals surface area contributed by atoms with Crippen LogP contribution >= 0.6 is 0 Å². The highest BCUT2D eigenvalue weighted by Crippen LogP contribution is 2.27. The van der Waals surface area contributed by atoms with E-state index >= 15 is 0 Å². The van der Waals surface area contributed by atoms with Gasteiger partial charge in [-0.15, -0.1) is 0 Å². The number of aliphatic hydroxyl groups is 1. The number of carbonyl (C=O) groups is 2. The molecule has 0 aliphatic carbocycles. The Hall–Kier alpha value is -2.68. The van der Waals surface area contributed by atoms with Crippen molar-refractivity contribution in [3.8, 4) is 0 Å². The van der Waals surface area contributed by atoms with Crippen LogP contribution in [0.2, 0.25) is 0 Å². The maximum atomic E-state index is 14.3. The fourth-order valence-corrected chi connectivity index (χ4v) is 2.22. The normalized spacial score (nSPS) is 16.9. The van der Waals surface area contributed by atoms with E-state index in [0.29, 0.717) is 12.1 Å². The molecule has 1 aromatic carbocycles. The number of anilines is 2. The molecular weight excluding hydrogens is 307 g/mol. The minimum atomic E-state index is -0.643. The van der Waals surface area contributed by atoms with E-state index in [1.165, 1.54) is 28.0 Å². The van der Waals surface area contributed by atoms with Gasteiger partial charge in [-0.1, -0.05) is 0 Å². The van der Waals surface area contributed by atoms with Crippen molar-refractivity contribution >= 4 is 30.2 Å². The van der Waals surface area contributed by atoms with E-state index in [-0.39, 0.29) is 31.9 Å². The van der Waals surface area contributed by atoms with Crippen molar-refractivity contribution in [3.05, 3.63) is 24.0 Å². The van der Waals surface area contributed by atoms with E-state index in [1.54, 1.807) is 0 Å². The van der Waals surface area contributed by atoms with Crippen LogP contribution in [0.5, 0.6) is 0 Å². The van der Waals surface area contributed by atoms with Gasteiger partial charge in [-0.25, -0.2) is 9.18 Å². The summed E-state index contributed by atoms with van der Waals surface area (Å²) in [5, 5.41) is 18.8. The highest BCUT2D eigenvalue weighted by atomic mass is 19.1. The van der Waals surface area contributed by atoms with E-state index in [1.807, 2.05) is 0 Å². The van der Waals surface area contributed by atoms with Crippen LogP contribution in [-0.4, -0.2) is 56.3 Å². The molecule has 0 saturated carbocycles. The Morgan fingerprint density at radius 3 is 2.91 bits per heavy atom. The van der Waals surface area contributed by atoms with Crippen molar-refractivity contribution in [2.24, 2.45) is 0 Å². The number of hydrogen-bond donors (Lipinski definition) is 3. The summed E-state index contributed by atoms with van der Waals surface area (Å²) in [6, 6.07) is 4.14. The summed E-state index contributed by atoms with van der Waals surface area (Å²) >= 11 is 0. The number of rotatable bonds is 8. The van der Waals surface area contributed by atoms with Crippen molar-refractivity contribution in [3.63, 3.8) is 0 Å². The summed E-state index contributed by atoms with van der Waals surface area (Å²) in [7, 11) is 0. The molecule has 2 rings (SSSR count). The lowest BCUT2D eigenvalue weighted by Crippen LogP contribution is -2.31. The molecule has 0 bridgehead atoms. The second-order valence-corrected chi connectivity index (χ2v) is 4.83. The maximum absolute atomic E-state index is 14.3. The molecule has 1 atom stereocenters. The number of nitrogens with zero attached hydrogens (tertiary/aromatic N) is 2. The number of halogens is 1. The molecule has 2 amide bonds. The highest BCUT2D eigenvalue weighted by molar-refractivity contribution is 5.90. The van der Waals surface area contributed by atoms with E-state index < -0.39 is 18.0 Å². The number of carbonyl (C=O) groups excluding carboxylic acids is 2. The Kier molecular flexibility index (Phi) is 5.47. The quantitative estimate of drug-likeness (QED) is 0.276. The first-order valence-corrected chi connectivity index (χ1v) is 6.93. The molecule has 1 aliphatic heterocycles. The van der Waals surface area contributed by atoms with Crippen molar-refractivity contribution in [2.45, 2.75) is 6.10 Å². The third kappa shape index (κ3) is 3.75. The molecule has 0 spiro atoms. The second-order valence-electron chi connectivity index (χ2n) is 4.83. The predicted molar refractivity (Wildman–Crippen MR) is 81.3 cm³/mol. The van der Waals surface area contributed by atoms with Crippen molar-refractivity contribution in [1.82, 2.24) is 5.32 Å². The predicted octanol–water partition coefficient (Wildman–Crippen LogP) is 0.303. The number of aliphatic hydroxyl groups excluding tert-OH is 1. The van der Waals surface area contributed by atoms with Gasteiger partial charge in [0.2, 0.25) is 6.41 Å². The fraction of sp³-hybridized carbons (Fsp3) is 0.357. The van der Waals surface area contributed by atoms with Gasteiger partial charge in [-0.3, -0.25) is 15.1 Å². The van der Waals surface area contributed by atoms with Crippen LogP contribution < -0.4 is 15.1 Å². The first kappa shape index (κ1) is 16.7. The van der Waals surface area contributed by atoms with Crippen LogP contribution in [0.3, 0.4) is 0 Å². The fourth-order valence-electron chi connectivity index (χ4n) is 2.22. The summed E-state index contributed by atoms with van der Waals surface area (Å²) < 4.78 is 19.2. The van der Waals surface area contributed by atoms with Crippen molar-refractivity contribution in [2.75, 3.05) is 36.0 Å². The third-order valence-electron chi connectivity index (χ3n) is 3.37. The molecule has 3 N–H and O–H groups in total. The molecule has 1 aliphatic rings. The minimum Gasteiger partial charge on any atom is -0.441 e. The van der Waals surface area contributed by atoms with Gasteiger partial charge in [0.25, 0.3) is 0 Å². The number of cyclic esters (lactones) is 1. The van der Waals surface area contributed by atoms with Crippen molar-refractivity contribution in [1.29, 1.82) is 5.41 Å². The first-order valence-electron chi connectivity index (χ1n) is 6.93. The number of nitrogens with one attached hydrogen (secondary N) is 2.